The second kappa shape index (κ2) is 9.40. The number of benzene rings is 1. The van der Waals surface area contributed by atoms with E-state index in [0.29, 0.717) is 6.54 Å². The lowest BCUT2D eigenvalue weighted by atomic mass is 10.0. The predicted molar refractivity (Wildman–Crippen MR) is 86.2 cm³/mol. The van der Waals surface area contributed by atoms with Crippen molar-refractivity contribution in [3.05, 3.63) is 29.3 Å². The van der Waals surface area contributed by atoms with Crippen molar-refractivity contribution < 1.29 is 4.79 Å². The number of nitrogens with one attached hydrogen (secondary N) is 2. The number of hydrogen-bond acceptors (Lipinski definition) is 2. The highest BCUT2D eigenvalue weighted by Crippen LogP contribution is 2.22. The Morgan fingerprint density at radius 2 is 1.70 bits per heavy atom. The van der Waals surface area contributed by atoms with Crippen LogP contribution in [0.25, 0.3) is 0 Å². The second-order valence-electron chi connectivity index (χ2n) is 5.07. The van der Waals surface area contributed by atoms with Gasteiger partial charge in [-0.15, -0.1) is 0 Å². The van der Waals surface area contributed by atoms with E-state index in [-0.39, 0.29) is 5.91 Å². The van der Waals surface area contributed by atoms with Crippen LogP contribution in [0.3, 0.4) is 0 Å². The van der Waals surface area contributed by atoms with Gasteiger partial charge >= 0.3 is 0 Å². The first-order valence-electron chi connectivity index (χ1n) is 7.84. The third-order valence-electron chi connectivity index (χ3n) is 3.53. The maximum Gasteiger partial charge on any atom is 0.239 e. The van der Waals surface area contributed by atoms with Gasteiger partial charge in [0.15, 0.2) is 0 Å². The van der Waals surface area contributed by atoms with E-state index in [1.807, 2.05) is 0 Å². The number of amides is 1. The minimum absolute atomic E-state index is 0.0778. The Labute approximate surface area is 123 Å². The Balaban J connectivity index is 2.50. The standard InChI is InChI=1S/C17H28N2O/c1-4-7-8-12-18-16(20)13-19-17-14(5-2)10-9-11-15(17)6-3/h9-11,19H,4-8,12-13H2,1-3H3,(H,18,20). The lowest BCUT2D eigenvalue weighted by Crippen LogP contribution is -2.31. The number of rotatable bonds is 9. The van der Waals surface area contributed by atoms with Gasteiger partial charge in [-0.25, -0.2) is 0 Å². The molecule has 1 aromatic rings. The Kier molecular flexibility index (Phi) is 7.78. The molecular formula is C17H28N2O. The van der Waals surface area contributed by atoms with E-state index < -0.39 is 0 Å². The van der Waals surface area contributed by atoms with Crippen molar-refractivity contribution in [2.24, 2.45) is 0 Å². The molecule has 1 amide bonds. The third kappa shape index (κ3) is 5.24. The van der Waals surface area contributed by atoms with Gasteiger partial charge in [-0.05, 0) is 30.4 Å². The van der Waals surface area contributed by atoms with Crippen molar-refractivity contribution in [2.45, 2.75) is 52.9 Å². The number of carbonyl (C=O) groups is 1. The zero-order valence-corrected chi connectivity index (χ0v) is 13.1. The summed E-state index contributed by atoms with van der Waals surface area (Å²) in [5.41, 5.74) is 3.70. The summed E-state index contributed by atoms with van der Waals surface area (Å²) < 4.78 is 0. The van der Waals surface area contributed by atoms with Gasteiger partial charge in [0.1, 0.15) is 0 Å². The number of carbonyl (C=O) groups excluding carboxylic acids is 1. The van der Waals surface area contributed by atoms with Gasteiger partial charge in [-0.2, -0.15) is 0 Å². The number of hydrogen-bond donors (Lipinski definition) is 2. The number of para-hydroxylation sites is 1. The Morgan fingerprint density at radius 3 is 2.25 bits per heavy atom. The van der Waals surface area contributed by atoms with E-state index in [4.69, 9.17) is 0 Å². The van der Waals surface area contributed by atoms with Crippen LogP contribution in [0.4, 0.5) is 5.69 Å². The van der Waals surface area contributed by atoms with Gasteiger partial charge < -0.3 is 10.6 Å². The van der Waals surface area contributed by atoms with Crippen LogP contribution in [0.1, 0.15) is 51.2 Å². The van der Waals surface area contributed by atoms with Crippen molar-refractivity contribution >= 4 is 11.6 Å². The van der Waals surface area contributed by atoms with Crippen LogP contribution in [-0.2, 0) is 17.6 Å². The molecule has 0 saturated carbocycles. The van der Waals surface area contributed by atoms with Crippen molar-refractivity contribution in [3.8, 4) is 0 Å². The third-order valence-corrected chi connectivity index (χ3v) is 3.53. The summed E-state index contributed by atoms with van der Waals surface area (Å²) in [6.45, 7) is 7.59. The Hall–Kier alpha value is -1.51. The molecule has 0 heterocycles. The van der Waals surface area contributed by atoms with E-state index in [0.717, 1.165) is 31.5 Å². The van der Waals surface area contributed by atoms with E-state index >= 15 is 0 Å². The maximum absolute atomic E-state index is 11.8. The molecule has 0 atom stereocenters. The van der Waals surface area contributed by atoms with E-state index in [2.05, 4.69) is 49.6 Å². The van der Waals surface area contributed by atoms with Gasteiger partial charge in [0.25, 0.3) is 0 Å². The monoisotopic (exact) mass is 276 g/mol. The number of aryl methyl sites for hydroxylation is 2. The molecule has 0 aliphatic carbocycles. The fourth-order valence-corrected chi connectivity index (χ4v) is 2.30. The summed E-state index contributed by atoms with van der Waals surface area (Å²) in [5, 5.41) is 6.27. The molecule has 0 bridgehead atoms. The molecule has 0 radical (unpaired) electrons. The summed E-state index contributed by atoms with van der Waals surface area (Å²) in [5.74, 6) is 0.0778. The first kappa shape index (κ1) is 16.5. The first-order valence-corrected chi connectivity index (χ1v) is 7.84. The first-order chi connectivity index (χ1) is 9.72. The van der Waals surface area contributed by atoms with Crippen molar-refractivity contribution in [1.29, 1.82) is 0 Å². The highest BCUT2D eigenvalue weighted by molar-refractivity contribution is 5.81. The Morgan fingerprint density at radius 1 is 1.05 bits per heavy atom. The van der Waals surface area contributed by atoms with Gasteiger partial charge in [0.05, 0.1) is 6.54 Å². The van der Waals surface area contributed by atoms with Gasteiger partial charge in [-0.1, -0.05) is 51.8 Å². The van der Waals surface area contributed by atoms with Crippen molar-refractivity contribution in [2.75, 3.05) is 18.4 Å². The molecule has 112 valence electrons. The molecule has 3 heteroatoms. The van der Waals surface area contributed by atoms with E-state index in [1.54, 1.807) is 0 Å². The fourth-order valence-electron chi connectivity index (χ4n) is 2.30. The molecule has 0 spiro atoms. The smallest absolute Gasteiger partial charge is 0.239 e. The maximum atomic E-state index is 11.8. The van der Waals surface area contributed by atoms with Crippen LogP contribution in [0, 0.1) is 0 Å². The van der Waals surface area contributed by atoms with Crippen molar-refractivity contribution in [1.82, 2.24) is 5.32 Å². The van der Waals surface area contributed by atoms with E-state index in [9.17, 15) is 4.79 Å². The highest BCUT2D eigenvalue weighted by atomic mass is 16.1. The fraction of sp³-hybridized carbons (Fsp3) is 0.588. The van der Waals surface area contributed by atoms with Crippen molar-refractivity contribution in [3.63, 3.8) is 0 Å². The second-order valence-corrected chi connectivity index (χ2v) is 5.07. The van der Waals surface area contributed by atoms with Crippen LogP contribution in [0.5, 0.6) is 0 Å². The zero-order valence-electron chi connectivity index (χ0n) is 13.1. The molecule has 1 aromatic carbocycles. The normalized spacial score (nSPS) is 10.3. The predicted octanol–water partition coefficient (Wildman–Crippen LogP) is 3.53. The lowest BCUT2D eigenvalue weighted by Gasteiger charge is -2.15. The van der Waals surface area contributed by atoms with Crippen LogP contribution < -0.4 is 10.6 Å². The number of anilines is 1. The van der Waals surface area contributed by atoms with Gasteiger partial charge in [0.2, 0.25) is 5.91 Å². The highest BCUT2D eigenvalue weighted by Gasteiger charge is 2.07. The minimum Gasteiger partial charge on any atom is -0.376 e. The molecule has 0 aromatic heterocycles. The van der Waals surface area contributed by atoms with Crippen LogP contribution in [0.2, 0.25) is 0 Å². The summed E-state index contributed by atoms with van der Waals surface area (Å²) in [6.07, 6.45) is 5.38. The van der Waals surface area contributed by atoms with Gasteiger partial charge in [-0.3, -0.25) is 4.79 Å². The van der Waals surface area contributed by atoms with Crippen LogP contribution in [0.15, 0.2) is 18.2 Å². The largest absolute Gasteiger partial charge is 0.376 e. The topological polar surface area (TPSA) is 41.1 Å². The number of unbranched alkanes of at least 4 members (excludes halogenated alkanes) is 2. The summed E-state index contributed by atoms with van der Waals surface area (Å²) >= 11 is 0. The SMILES string of the molecule is CCCCCNC(=O)CNc1c(CC)cccc1CC. The summed E-state index contributed by atoms with van der Waals surface area (Å²) in [7, 11) is 0. The summed E-state index contributed by atoms with van der Waals surface area (Å²) in [4.78, 5) is 11.8. The average molecular weight is 276 g/mol. The summed E-state index contributed by atoms with van der Waals surface area (Å²) in [6, 6.07) is 6.34. The molecule has 3 nitrogen and oxygen atoms in total. The van der Waals surface area contributed by atoms with Crippen LogP contribution >= 0.6 is 0 Å². The molecule has 1 rings (SSSR count). The van der Waals surface area contributed by atoms with Gasteiger partial charge in [0, 0.05) is 12.2 Å². The molecule has 0 aliphatic heterocycles. The van der Waals surface area contributed by atoms with Crippen LogP contribution in [-0.4, -0.2) is 19.0 Å². The quantitative estimate of drug-likeness (QED) is 0.677. The Bertz CT molecular complexity index is 393. The molecule has 0 saturated heterocycles. The molecule has 2 N–H and O–H groups in total. The lowest BCUT2D eigenvalue weighted by molar-refractivity contribution is -0.119. The molecule has 0 unspecified atom stereocenters. The molecular weight excluding hydrogens is 248 g/mol. The average Bonchev–Trinajstić information content (AvgIpc) is 2.49. The molecule has 0 fully saturated rings. The zero-order chi connectivity index (χ0) is 14.8. The molecule has 0 aliphatic rings. The van der Waals surface area contributed by atoms with E-state index in [1.165, 1.54) is 24.0 Å². The minimum atomic E-state index is 0.0778. The molecule has 20 heavy (non-hydrogen) atoms.